The highest BCUT2D eigenvalue weighted by Crippen LogP contribution is 2.42. The molecule has 0 aromatic heterocycles. The average Bonchev–Trinajstić information content (AvgIpc) is 2.84. The molecule has 0 bridgehead atoms. The Morgan fingerprint density at radius 3 is 1.84 bits per heavy atom. The molecule has 0 amide bonds. The first-order valence-electron chi connectivity index (χ1n) is 10.9. The summed E-state index contributed by atoms with van der Waals surface area (Å²) in [5.74, 6) is 0.838. The average molecular weight is 526 g/mol. The molecule has 3 heteroatoms. The third kappa shape index (κ3) is 5.78. The third-order valence-corrected chi connectivity index (χ3v) is 5.98. The summed E-state index contributed by atoms with van der Waals surface area (Å²) in [5, 5.41) is 0. The van der Waals surface area contributed by atoms with Crippen molar-refractivity contribution in [2.75, 3.05) is 7.11 Å². The van der Waals surface area contributed by atoms with E-state index in [0.29, 0.717) is 0 Å². The molecule has 0 saturated carbocycles. The second kappa shape index (κ2) is 12.1. The van der Waals surface area contributed by atoms with Gasteiger partial charge in [-0.2, -0.15) is 0 Å². The fraction of sp³-hybridized carbons (Fsp3) is 0.286. The third-order valence-electron chi connectivity index (χ3n) is 5.56. The zero-order chi connectivity index (χ0) is 21.9. The lowest BCUT2D eigenvalue weighted by Gasteiger charge is -2.38. The maximum atomic E-state index is 7.12. The minimum absolute atomic E-state index is 0.00552. The van der Waals surface area contributed by atoms with Crippen molar-refractivity contribution in [1.82, 2.24) is 0 Å². The van der Waals surface area contributed by atoms with Gasteiger partial charge in [-0.1, -0.05) is 122 Å². The molecule has 0 radical (unpaired) electrons. The van der Waals surface area contributed by atoms with E-state index in [-0.39, 0.29) is 6.10 Å². The van der Waals surface area contributed by atoms with E-state index in [0.717, 1.165) is 35.3 Å². The van der Waals surface area contributed by atoms with Gasteiger partial charge in [-0.05, 0) is 45.4 Å². The second-order valence-corrected chi connectivity index (χ2v) is 8.33. The van der Waals surface area contributed by atoms with Gasteiger partial charge in [0.2, 0.25) is 0 Å². The van der Waals surface area contributed by atoms with Gasteiger partial charge in [0.1, 0.15) is 11.4 Å². The maximum absolute atomic E-state index is 7.12. The van der Waals surface area contributed by atoms with Crippen LogP contribution in [0.15, 0.2) is 95.1 Å². The van der Waals surface area contributed by atoms with Crippen LogP contribution in [0.2, 0.25) is 0 Å². The Bertz CT molecular complexity index is 881. The van der Waals surface area contributed by atoms with E-state index in [1.165, 1.54) is 12.8 Å². The number of unbranched alkanes of at least 4 members (excludes halogenated alkanes) is 2. The number of benzene rings is 3. The predicted octanol–water partition coefficient (Wildman–Crippen LogP) is 7.90. The van der Waals surface area contributed by atoms with Crippen molar-refractivity contribution in [3.05, 3.63) is 112 Å². The number of hydrogen-bond donors (Lipinski definition) is 0. The van der Waals surface area contributed by atoms with Crippen LogP contribution in [-0.4, -0.2) is 13.2 Å². The number of hydrogen-bond acceptors (Lipinski definition) is 2. The minimum Gasteiger partial charge on any atom is -0.497 e. The molecule has 1 unspecified atom stereocenters. The van der Waals surface area contributed by atoms with Gasteiger partial charge in [0.25, 0.3) is 0 Å². The summed E-state index contributed by atoms with van der Waals surface area (Å²) in [5.41, 5.74) is 2.61. The van der Waals surface area contributed by atoms with Crippen molar-refractivity contribution < 1.29 is 9.47 Å². The van der Waals surface area contributed by atoms with Crippen LogP contribution < -0.4 is 4.74 Å². The fourth-order valence-corrected chi connectivity index (χ4v) is 4.44. The van der Waals surface area contributed by atoms with Crippen molar-refractivity contribution in [1.29, 1.82) is 0 Å². The van der Waals surface area contributed by atoms with Crippen LogP contribution in [-0.2, 0) is 10.3 Å². The van der Waals surface area contributed by atoms with Crippen LogP contribution >= 0.6 is 22.6 Å². The monoisotopic (exact) mass is 526 g/mol. The quantitative estimate of drug-likeness (QED) is 0.144. The topological polar surface area (TPSA) is 18.5 Å². The number of methoxy groups -OCH3 is 1. The molecule has 0 aliphatic heterocycles. The van der Waals surface area contributed by atoms with E-state index >= 15 is 0 Å². The standard InChI is InChI=1S/C28H31IO2/c1-3-4-7-16-27(21-22-29)31-28(23-12-8-5-9-13-23,24-14-10-6-11-15-24)25-17-19-26(30-2)20-18-25/h5-6,8-15,17-22,27H,3-4,7,16H2,1-2H3/b22-21+. The van der Waals surface area contributed by atoms with Gasteiger partial charge in [0.15, 0.2) is 0 Å². The molecule has 0 N–H and O–H groups in total. The van der Waals surface area contributed by atoms with Crippen LogP contribution in [0.1, 0.15) is 49.3 Å². The molecule has 3 aromatic rings. The SMILES string of the molecule is CCCCCC(/C=C/I)OC(c1ccccc1)(c1ccccc1)c1ccc(OC)cc1. The van der Waals surface area contributed by atoms with E-state index in [9.17, 15) is 0 Å². The van der Waals surface area contributed by atoms with Crippen molar-refractivity contribution >= 4 is 22.6 Å². The predicted molar refractivity (Wildman–Crippen MR) is 138 cm³/mol. The van der Waals surface area contributed by atoms with E-state index in [4.69, 9.17) is 9.47 Å². The molecule has 3 aromatic carbocycles. The van der Waals surface area contributed by atoms with Gasteiger partial charge in [-0.15, -0.1) is 0 Å². The molecular formula is C28H31IO2. The Kier molecular flexibility index (Phi) is 9.16. The van der Waals surface area contributed by atoms with E-state index in [1.54, 1.807) is 7.11 Å². The zero-order valence-corrected chi connectivity index (χ0v) is 20.5. The Hall–Kier alpha value is -2.11. The van der Waals surface area contributed by atoms with Crippen molar-refractivity contribution in [2.45, 2.75) is 44.3 Å². The van der Waals surface area contributed by atoms with Gasteiger partial charge in [-0.25, -0.2) is 0 Å². The van der Waals surface area contributed by atoms with Gasteiger partial charge in [-0.3, -0.25) is 0 Å². The molecule has 3 rings (SSSR count). The lowest BCUT2D eigenvalue weighted by atomic mass is 9.79. The van der Waals surface area contributed by atoms with Crippen molar-refractivity contribution in [2.24, 2.45) is 0 Å². The van der Waals surface area contributed by atoms with Gasteiger partial charge in [0, 0.05) is 0 Å². The van der Waals surface area contributed by atoms with E-state index in [2.05, 4.69) is 112 Å². The van der Waals surface area contributed by atoms with Gasteiger partial charge >= 0.3 is 0 Å². The summed E-state index contributed by atoms with van der Waals surface area (Å²) in [4.78, 5) is 0. The number of halogens is 1. The van der Waals surface area contributed by atoms with Crippen LogP contribution in [0.4, 0.5) is 0 Å². The van der Waals surface area contributed by atoms with E-state index < -0.39 is 5.60 Å². The van der Waals surface area contributed by atoms with Crippen LogP contribution in [0.25, 0.3) is 0 Å². The molecular weight excluding hydrogens is 495 g/mol. The molecule has 0 aliphatic carbocycles. The molecule has 2 nitrogen and oxygen atoms in total. The second-order valence-electron chi connectivity index (χ2n) is 7.61. The highest BCUT2D eigenvalue weighted by atomic mass is 127. The Balaban J connectivity index is 2.18. The lowest BCUT2D eigenvalue weighted by molar-refractivity contribution is -0.0285. The highest BCUT2D eigenvalue weighted by Gasteiger charge is 2.39. The van der Waals surface area contributed by atoms with E-state index in [1.807, 2.05) is 12.1 Å². The van der Waals surface area contributed by atoms with Crippen LogP contribution in [0, 0.1) is 0 Å². The largest absolute Gasteiger partial charge is 0.497 e. The first-order chi connectivity index (χ1) is 15.2. The molecule has 0 fully saturated rings. The Morgan fingerprint density at radius 1 is 0.806 bits per heavy atom. The number of rotatable bonds is 11. The first-order valence-corrected chi connectivity index (χ1v) is 12.2. The Morgan fingerprint density at radius 2 is 1.35 bits per heavy atom. The molecule has 31 heavy (non-hydrogen) atoms. The summed E-state index contributed by atoms with van der Waals surface area (Å²) in [6.07, 6.45) is 6.73. The van der Waals surface area contributed by atoms with Crippen molar-refractivity contribution in [3.63, 3.8) is 0 Å². The van der Waals surface area contributed by atoms with Crippen molar-refractivity contribution in [3.8, 4) is 5.75 Å². The summed E-state index contributed by atoms with van der Waals surface area (Å²) in [6.45, 7) is 2.24. The summed E-state index contributed by atoms with van der Waals surface area (Å²) >= 11 is 2.29. The Labute approximate surface area is 200 Å². The summed E-state index contributed by atoms with van der Waals surface area (Å²) in [7, 11) is 1.70. The molecule has 0 aliphatic rings. The lowest BCUT2D eigenvalue weighted by Crippen LogP contribution is -2.36. The fourth-order valence-electron chi connectivity index (χ4n) is 3.97. The molecule has 0 heterocycles. The molecule has 0 saturated heterocycles. The molecule has 162 valence electrons. The molecule has 0 spiro atoms. The van der Waals surface area contributed by atoms with Gasteiger partial charge in [0.05, 0.1) is 13.2 Å². The summed E-state index contributed by atoms with van der Waals surface area (Å²) < 4.78 is 14.6. The highest BCUT2D eigenvalue weighted by molar-refractivity contribution is 14.1. The van der Waals surface area contributed by atoms with Gasteiger partial charge < -0.3 is 9.47 Å². The molecule has 1 atom stereocenters. The summed E-state index contributed by atoms with van der Waals surface area (Å²) in [6, 6.07) is 29.4. The smallest absolute Gasteiger partial charge is 0.144 e. The maximum Gasteiger partial charge on any atom is 0.144 e. The minimum atomic E-state index is -0.720. The zero-order valence-electron chi connectivity index (χ0n) is 18.3. The normalized spacial score (nSPS) is 12.7. The number of ether oxygens (including phenoxy) is 2. The van der Waals surface area contributed by atoms with Crippen LogP contribution in [0.5, 0.6) is 5.75 Å². The first kappa shape index (κ1) is 23.6. The van der Waals surface area contributed by atoms with Crippen LogP contribution in [0.3, 0.4) is 0 Å².